The van der Waals surface area contributed by atoms with Gasteiger partial charge in [-0.1, -0.05) is 6.07 Å². The molecule has 1 aliphatic heterocycles. The molecule has 74 valence electrons. The van der Waals surface area contributed by atoms with Crippen LogP contribution in [0.5, 0.6) is 0 Å². The standard InChI is InChI=1S/C10H11NO2S/c1-10(9-3-2-6-14-9)12-7-8(13-10)4-5-11/h2-3,6,8H,4,7H2,1H3. The van der Waals surface area contributed by atoms with E-state index in [1.54, 1.807) is 11.3 Å². The van der Waals surface area contributed by atoms with Crippen molar-refractivity contribution < 1.29 is 9.47 Å². The number of nitrogens with zero attached hydrogens (tertiary/aromatic N) is 1. The van der Waals surface area contributed by atoms with Gasteiger partial charge < -0.3 is 9.47 Å². The Labute approximate surface area is 86.9 Å². The average molecular weight is 209 g/mol. The first-order valence-corrected chi connectivity index (χ1v) is 5.35. The molecule has 1 aromatic heterocycles. The van der Waals surface area contributed by atoms with E-state index in [1.165, 1.54) is 0 Å². The summed E-state index contributed by atoms with van der Waals surface area (Å²) < 4.78 is 11.3. The zero-order valence-electron chi connectivity index (χ0n) is 7.90. The van der Waals surface area contributed by atoms with E-state index in [2.05, 4.69) is 6.07 Å². The molecule has 4 heteroatoms. The molecule has 0 saturated carbocycles. The summed E-state index contributed by atoms with van der Waals surface area (Å²) >= 11 is 1.61. The molecule has 14 heavy (non-hydrogen) atoms. The Morgan fingerprint density at radius 2 is 2.64 bits per heavy atom. The van der Waals surface area contributed by atoms with Gasteiger partial charge in [-0.2, -0.15) is 5.26 Å². The van der Waals surface area contributed by atoms with Crippen molar-refractivity contribution in [3.05, 3.63) is 22.4 Å². The van der Waals surface area contributed by atoms with Crippen molar-refractivity contribution >= 4 is 11.3 Å². The fraction of sp³-hybridized carbons (Fsp3) is 0.500. The second-order valence-corrected chi connectivity index (χ2v) is 4.28. The summed E-state index contributed by atoms with van der Waals surface area (Å²) in [7, 11) is 0. The lowest BCUT2D eigenvalue weighted by Crippen LogP contribution is -2.22. The van der Waals surface area contributed by atoms with Crippen LogP contribution in [0.3, 0.4) is 0 Å². The molecule has 2 heterocycles. The molecule has 0 N–H and O–H groups in total. The lowest BCUT2D eigenvalue weighted by atomic mass is 10.2. The Kier molecular flexibility index (Phi) is 2.55. The molecule has 0 aliphatic carbocycles. The first-order valence-electron chi connectivity index (χ1n) is 4.47. The van der Waals surface area contributed by atoms with Gasteiger partial charge in [0.1, 0.15) is 0 Å². The fourth-order valence-electron chi connectivity index (χ4n) is 1.51. The van der Waals surface area contributed by atoms with E-state index in [0.717, 1.165) is 4.88 Å². The number of hydrogen-bond donors (Lipinski definition) is 0. The zero-order valence-corrected chi connectivity index (χ0v) is 8.71. The maximum atomic E-state index is 8.54. The van der Waals surface area contributed by atoms with Crippen LogP contribution in [0.25, 0.3) is 0 Å². The number of hydrogen-bond acceptors (Lipinski definition) is 4. The topological polar surface area (TPSA) is 42.2 Å². The van der Waals surface area contributed by atoms with E-state index >= 15 is 0 Å². The minimum Gasteiger partial charge on any atom is -0.343 e. The second kappa shape index (κ2) is 3.70. The average Bonchev–Trinajstić information content (AvgIpc) is 2.75. The highest BCUT2D eigenvalue weighted by Gasteiger charge is 2.39. The molecule has 3 nitrogen and oxygen atoms in total. The molecule has 1 fully saturated rings. The van der Waals surface area contributed by atoms with E-state index in [0.29, 0.717) is 13.0 Å². The first-order chi connectivity index (χ1) is 6.74. The van der Waals surface area contributed by atoms with Gasteiger partial charge in [-0.15, -0.1) is 11.3 Å². The van der Waals surface area contributed by atoms with E-state index < -0.39 is 5.79 Å². The van der Waals surface area contributed by atoms with Crippen LogP contribution in [0.2, 0.25) is 0 Å². The SMILES string of the molecule is CC1(c2cccs2)OCC(CC#N)O1. The summed E-state index contributed by atoms with van der Waals surface area (Å²) in [4.78, 5) is 1.05. The van der Waals surface area contributed by atoms with E-state index in [9.17, 15) is 0 Å². The van der Waals surface area contributed by atoms with Crippen LogP contribution in [0.15, 0.2) is 17.5 Å². The van der Waals surface area contributed by atoms with Crippen molar-refractivity contribution in [1.82, 2.24) is 0 Å². The van der Waals surface area contributed by atoms with Crippen molar-refractivity contribution in [2.24, 2.45) is 0 Å². The third kappa shape index (κ3) is 1.67. The maximum Gasteiger partial charge on any atom is 0.201 e. The van der Waals surface area contributed by atoms with Gasteiger partial charge >= 0.3 is 0 Å². The predicted octanol–water partition coefficient (Wildman–Crippen LogP) is 2.25. The summed E-state index contributed by atoms with van der Waals surface area (Å²) in [6.45, 7) is 2.40. The second-order valence-electron chi connectivity index (χ2n) is 3.34. The largest absolute Gasteiger partial charge is 0.343 e. The number of nitriles is 1. The zero-order chi connectivity index (χ0) is 10.0. The van der Waals surface area contributed by atoms with E-state index in [4.69, 9.17) is 14.7 Å². The number of thiophene rings is 1. The smallest absolute Gasteiger partial charge is 0.201 e. The van der Waals surface area contributed by atoms with Gasteiger partial charge in [0.25, 0.3) is 0 Å². The highest BCUT2D eigenvalue weighted by molar-refractivity contribution is 7.10. The Morgan fingerprint density at radius 1 is 1.79 bits per heavy atom. The summed E-state index contributed by atoms with van der Waals surface area (Å²) in [5, 5.41) is 10.5. The van der Waals surface area contributed by atoms with Gasteiger partial charge in [0, 0.05) is 0 Å². The lowest BCUT2D eigenvalue weighted by Gasteiger charge is -2.21. The van der Waals surface area contributed by atoms with Crippen LogP contribution >= 0.6 is 11.3 Å². The van der Waals surface area contributed by atoms with E-state index in [1.807, 2.05) is 24.4 Å². The van der Waals surface area contributed by atoms with E-state index in [-0.39, 0.29) is 6.10 Å². The summed E-state index contributed by atoms with van der Waals surface area (Å²) in [5.41, 5.74) is 0. The molecule has 2 rings (SSSR count). The monoisotopic (exact) mass is 209 g/mol. The van der Waals surface area contributed by atoms with Gasteiger partial charge in [-0.25, -0.2) is 0 Å². The van der Waals surface area contributed by atoms with Gasteiger partial charge in [0.15, 0.2) is 0 Å². The number of rotatable bonds is 2. The molecular formula is C10H11NO2S. The highest BCUT2D eigenvalue weighted by Crippen LogP contribution is 2.36. The van der Waals surface area contributed by atoms with Crippen molar-refractivity contribution in [2.75, 3.05) is 6.61 Å². The van der Waals surface area contributed by atoms with Crippen molar-refractivity contribution in [1.29, 1.82) is 5.26 Å². The molecule has 2 unspecified atom stereocenters. The van der Waals surface area contributed by atoms with Crippen molar-refractivity contribution in [2.45, 2.75) is 25.2 Å². The maximum absolute atomic E-state index is 8.54. The Bertz CT molecular complexity index is 344. The molecule has 0 amide bonds. The van der Waals surface area contributed by atoms with Crippen molar-refractivity contribution in [3.63, 3.8) is 0 Å². The summed E-state index contributed by atoms with van der Waals surface area (Å²) in [6.07, 6.45) is 0.299. The van der Waals surface area contributed by atoms with Gasteiger partial charge in [0.2, 0.25) is 5.79 Å². The molecule has 2 atom stereocenters. The molecule has 0 spiro atoms. The van der Waals surface area contributed by atoms with Crippen LogP contribution in [0, 0.1) is 11.3 Å². The quantitative estimate of drug-likeness (QED) is 0.750. The highest BCUT2D eigenvalue weighted by atomic mass is 32.1. The Balaban J connectivity index is 2.10. The van der Waals surface area contributed by atoms with Crippen LogP contribution in [0.4, 0.5) is 0 Å². The van der Waals surface area contributed by atoms with Crippen molar-refractivity contribution in [3.8, 4) is 6.07 Å². The summed E-state index contributed by atoms with van der Waals surface area (Å²) in [6, 6.07) is 6.04. The molecule has 1 aromatic rings. The molecular weight excluding hydrogens is 198 g/mol. The fourth-order valence-corrected chi connectivity index (χ4v) is 2.29. The third-order valence-corrected chi connectivity index (χ3v) is 3.28. The van der Waals surface area contributed by atoms with Gasteiger partial charge in [-0.3, -0.25) is 0 Å². The minimum atomic E-state index is -0.643. The van der Waals surface area contributed by atoms with Crippen LogP contribution in [-0.2, 0) is 15.3 Å². The Morgan fingerprint density at radius 3 is 3.29 bits per heavy atom. The molecule has 0 bridgehead atoms. The van der Waals surface area contributed by atoms with Crippen LogP contribution < -0.4 is 0 Å². The molecule has 1 saturated heterocycles. The van der Waals surface area contributed by atoms with Gasteiger partial charge in [0.05, 0.1) is 30.1 Å². The van der Waals surface area contributed by atoms with Crippen LogP contribution in [0.1, 0.15) is 18.2 Å². The van der Waals surface area contributed by atoms with Gasteiger partial charge in [-0.05, 0) is 18.4 Å². The summed E-state index contributed by atoms with van der Waals surface area (Å²) in [5.74, 6) is -0.643. The lowest BCUT2D eigenvalue weighted by molar-refractivity contribution is -0.158. The Hall–Kier alpha value is -0.890. The predicted molar refractivity (Wildman–Crippen MR) is 52.7 cm³/mol. The molecule has 0 radical (unpaired) electrons. The molecule has 0 aromatic carbocycles. The normalized spacial score (nSPS) is 31.6. The number of ether oxygens (including phenoxy) is 2. The minimum absolute atomic E-state index is 0.0906. The van der Waals surface area contributed by atoms with Crippen LogP contribution in [-0.4, -0.2) is 12.7 Å². The first kappa shape index (κ1) is 9.66. The third-order valence-electron chi connectivity index (χ3n) is 2.22. The molecule has 1 aliphatic rings.